The van der Waals surface area contributed by atoms with Gasteiger partial charge in [0.1, 0.15) is 0 Å². The Bertz CT molecular complexity index is 200. The van der Waals surface area contributed by atoms with E-state index in [0.717, 1.165) is 6.08 Å². The summed E-state index contributed by atoms with van der Waals surface area (Å²) < 4.78 is 20.2. The van der Waals surface area contributed by atoms with Crippen LogP contribution in [0.5, 0.6) is 0 Å². The van der Waals surface area contributed by atoms with Gasteiger partial charge in [-0.2, -0.15) is 0 Å². The maximum Gasteiger partial charge on any atom is 0.751 e. The summed E-state index contributed by atoms with van der Waals surface area (Å²) in [4.78, 5) is 11.0. The maximum atomic E-state index is 11.0. The van der Waals surface area contributed by atoms with E-state index in [2.05, 4.69) is 6.58 Å². The van der Waals surface area contributed by atoms with E-state index in [0.29, 0.717) is 0 Å². The van der Waals surface area contributed by atoms with Crippen LogP contribution in [-0.4, -0.2) is 35.3 Å². The van der Waals surface area contributed by atoms with Crippen LogP contribution in [-0.2, 0) is 22.5 Å². The van der Waals surface area contributed by atoms with Crippen LogP contribution in [0.2, 0.25) is 0 Å². The zero-order chi connectivity index (χ0) is 11.2. The Labute approximate surface area is 85.1 Å². The Hall–Kier alpha value is -0.693. The van der Waals surface area contributed by atoms with Gasteiger partial charge in [-0.3, -0.25) is 0 Å². The Morgan fingerprint density at radius 1 is 1.36 bits per heavy atom. The molecule has 0 unspecified atom stereocenters. The van der Waals surface area contributed by atoms with Crippen molar-refractivity contribution in [2.75, 3.05) is 14.2 Å². The predicted molar refractivity (Wildman–Crippen MR) is 52.3 cm³/mol. The minimum Gasteiger partial charge on any atom is -0.449 e. The van der Waals surface area contributed by atoms with Gasteiger partial charge in [-0.15, -0.1) is 0 Å². The molecule has 0 saturated carbocycles. The van der Waals surface area contributed by atoms with Crippen LogP contribution < -0.4 is 0 Å². The largest absolute Gasteiger partial charge is 0.751 e. The second kappa shape index (κ2) is 5.92. The van der Waals surface area contributed by atoms with E-state index >= 15 is 0 Å². The van der Waals surface area contributed by atoms with Gasteiger partial charge in [0, 0.05) is 26.4 Å². The number of carbonyl (C=O) groups is 1. The molecule has 0 heterocycles. The molecule has 0 N–H and O–H groups in total. The summed E-state index contributed by atoms with van der Waals surface area (Å²) in [5, 5.41) is 0. The fourth-order valence-electron chi connectivity index (χ4n) is 0.740. The zero-order valence-corrected chi connectivity index (χ0v) is 9.90. The zero-order valence-electron chi connectivity index (χ0n) is 8.90. The molecular weight excluding hydrogens is 204 g/mol. The van der Waals surface area contributed by atoms with Gasteiger partial charge in [0.25, 0.3) is 0 Å². The fraction of sp³-hybridized carbons (Fsp3) is 0.625. The Morgan fingerprint density at radius 2 is 1.86 bits per heavy atom. The highest BCUT2D eigenvalue weighted by molar-refractivity contribution is 6.55. The first-order valence-corrected chi connectivity index (χ1v) is 5.76. The minimum absolute atomic E-state index is 0.154. The van der Waals surface area contributed by atoms with E-state index in [-0.39, 0.29) is 6.10 Å². The summed E-state index contributed by atoms with van der Waals surface area (Å²) in [6.45, 7) is 6.86. The lowest BCUT2D eigenvalue weighted by Crippen LogP contribution is -2.50. The van der Waals surface area contributed by atoms with Crippen LogP contribution in [0.25, 0.3) is 0 Å². The summed E-state index contributed by atoms with van der Waals surface area (Å²) in [5.41, 5.74) is 0. The van der Waals surface area contributed by atoms with Crippen molar-refractivity contribution >= 4 is 15.0 Å². The predicted octanol–water partition coefficient (Wildman–Crippen LogP) is 0.869. The number of carbonyl (C=O) groups excluding carboxylic acids is 1. The molecule has 0 radical (unpaired) electrons. The first-order chi connectivity index (χ1) is 6.49. The van der Waals surface area contributed by atoms with Crippen LogP contribution in [0.15, 0.2) is 12.7 Å². The molecule has 0 aromatic rings. The Balaban J connectivity index is 4.51. The first-order valence-electron chi connectivity index (χ1n) is 4.13. The normalized spacial score (nSPS) is 11.5. The topological polar surface area (TPSA) is 54.0 Å². The average molecular weight is 220 g/mol. The van der Waals surface area contributed by atoms with Gasteiger partial charge in [0.05, 0.1) is 0 Å². The van der Waals surface area contributed by atoms with Crippen molar-refractivity contribution in [1.82, 2.24) is 0 Å². The van der Waals surface area contributed by atoms with Crippen molar-refractivity contribution < 1.29 is 22.5 Å². The molecule has 14 heavy (non-hydrogen) atoms. The van der Waals surface area contributed by atoms with Crippen LogP contribution in [0, 0.1) is 0 Å². The van der Waals surface area contributed by atoms with Gasteiger partial charge in [-0.05, 0) is 13.8 Å². The van der Waals surface area contributed by atoms with Gasteiger partial charge in [0.15, 0.2) is 0 Å². The van der Waals surface area contributed by atoms with Crippen molar-refractivity contribution in [2.45, 2.75) is 20.0 Å². The number of hydrogen-bond acceptors (Lipinski definition) is 5. The third-order valence-electron chi connectivity index (χ3n) is 1.27. The van der Waals surface area contributed by atoms with E-state index in [9.17, 15) is 4.79 Å². The van der Waals surface area contributed by atoms with Crippen LogP contribution in [0.4, 0.5) is 0 Å². The molecule has 0 amide bonds. The SMILES string of the molecule is C=CC(=O)O[Si](OC)(OC)OC(C)C. The standard InChI is InChI=1S/C8H16O5Si/c1-6-8(9)13-14(10-4,11-5)12-7(2)3/h6-7H,1H2,2-5H3. The monoisotopic (exact) mass is 220 g/mol. The molecule has 0 saturated heterocycles. The molecule has 0 bridgehead atoms. The maximum absolute atomic E-state index is 11.0. The summed E-state index contributed by atoms with van der Waals surface area (Å²) in [6.07, 6.45) is 0.878. The van der Waals surface area contributed by atoms with E-state index in [4.69, 9.17) is 17.7 Å². The molecule has 0 aliphatic heterocycles. The third-order valence-corrected chi connectivity index (χ3v) is 3.48. The van der Waals surface area contributed by atoms with Gasteiger partial charge < -0.3 is 17.7 Å². The van der Waals surface area contributed by atoms with Crippen molar-refractivity contribution in [2.24, 2.45) is 0 Å². The summed E-state index contributed by atoms with van der Waals surface area (Å²) >= 11 is 0. The van der Waals surface area contributed by atoms with Crippen molar-refractivity contribution in [3.63, 3.8) is 0 Å². The first kappa shape index (κ1) is 13.3. The molecule has 82 valence electrons. The summed E-state index contributed by atoms with van der Waals surface area (Å²) in [5.74, 6) is -0.624. The highest BCUT2D eigenvalue weighted by atomic mass is 28.4. The van der Waals surface area contributed by atoms with Crippen molar-refractivity contribution in [3.05, 3.63) is 12.7 Å². The second-order valence-corrected chi connectivity index (χ2v) is 4.96. The molecule has 0 fully saturated rings. The number of rotatable bonds is 6. The fourth-order valence-corrected chi connectivity index (χ4v) is 2.22. The molecular formula is C8H16O5Si. The lowest BCUT2D eigenvalue weighted by molar-refractivity contribution is -0.138. The van der Waals surface area contributed by atoms with Crippen LogP contribution >= 0.6 is 0 Å². The van der Waals surface area contributed by atoms with Gasteiger partial charge >= 0.3 is 15.0 Å². The van der Waals surface area contributed by atoms with Gasteiger partial charge in [-0.25, -0.2) is 4.79 Å². The third kappa shape index (κ3) is 4.01. The minimum atomic E-state index is -3.31. The lowest BCUT2D eigenvalue weighted by atomic mass is 10.5. The average Bonchev–Trinajstić information content (AvgIpc) is 2.15. The molecule has 0 aromatic carbocycles. The molecule has 0 spiro atoms. The van der Waals surface area contributed by atoms with E-state index < -0.39 is 15.0 Å². The van der Waals surface area contributed by atoms with Crippen molar-refractivity contribution in [3.8, 4) is 0 Å². The molecule has 5 nitrogen and oxygen atoms in total. The second-order valence-electron chi connectivity index (χ2n) is 2.70. The lowest BCUT2D eigenvalue weighted by Gasteiger charge is -2.25. The van der Waals surface area contributed by atoms with E-state index in [1.807, 2.05) is 0 Å². The highest BCUT2D eigenvalue weighted by Gasteiger charge is 2.48. The highest BCUT2D eigenvalue weighted by Crippen LogP contribution is 2.12. The molecule has 0 aromatic heterocycles. The van der Waals surface area contributed by atoms with Gasteiger partial charge in [-0.1, -0.05) is 6.58 Å². The van der Waals surface area contributed by atoms with Gasteiger partial charge in [0.2, 0.25) is 0 Å². The Kier molecular flexibility index (Phi) is 5.62. The van der Waals surface area contributed by atoms with Crippen molar-refractivity contribution in [1.29, 1.82) is 0 Å². The molecule has 0 aliphatic rings. The van der Waals surface area contributed by atoms with Crippen LogP contribution in [0.3, 0.4) is 0 Å². The van der Waals surface area contributed by atoms with Crippen LogP contribution in [0.1, 0.15) is 13.8 Å². The quantitative estimate of drug-likeness (QED) is 0.491. The summed E-state index contributed by atoms with van der Waals surface area (Å²) in [6, 6.07) is 0. The molecule has 0 atom stereocenters. The Morgan fingerprint density at radius 3 is 2.14 bits per heavy atom. The smallest absolute Gasteiger partial charge is 0.449 e. The summed E-state index contributed by atoms with van der Waals surface area (Å²) in [7, 11) is -0.572. The van der Waals surface area contributed by atoms with E-state index in [1.54, 1.807) is 13.8 Å². The number of hydrogen-bond donors (Lipinski definition) is 0. The molecule has 0 rings (SSSR count). The van der Waals surface area contributed by atoms with E-state index in [1.165, 1.54) is 14.2 Å². The molecule has 6 heteroatoms. The molecule has 0 aliphatic carbocycles.